The first kappa shape index (κ1) is 14.3. The topological polar surface area (TPSA) is 60.5 Å². The predicted octanol–water partition coefficient (Wildman–Crippen LogP) is 2.23. The van der Waals surface area contributed by atoms with Gasteiger partial charge in [0, 0.05) is 6.20 Å². The Labute approximate surface area is 108 Å². The van der Waals surface area contributed by atoms with Crippen LogP contribution >= 0.6 is 0 Å². The van der Waals surface area contributed by atoms with E-state index in [9.17, 15) is 4.79 Å². The van der Waals surface area contributed by atoms with Crippen LogP contribution in [-0.2, 0) is 9.53 Å². The highest BCUT2D eigenvalue weighted by atomic mass is 16.5. The molecule has 0 fully saturated rings. The number of rotatable bonds is 6. The van der Waals surface area contributed by atoms with Crippen LogP contribution in [0, 0.1) is 0 Å². The van der Waals surface area contributed by atoms with Crippen molar-refractivity contribution in [3.63, 3.8) is 0 Å². The van der Waals surface area contributed by atoms with E-state index in [-0.39, 0.29) is 12.1 Å². The molecule has 5 heteroatoms. The third-order valence-corrected chi connectivity index (χ3v) is 2.13. The van der Waals surface area contributed by atoms with E-state index in [2.05, 4.69) is 10.3 Å². The molecule has 0 aliphatic carbocycles. The van der Waals surface area contributed by atoms with E-state index in [1.165, 1.54) is 0 Å². The summed E-state index contributed by atoms with van der Waals surface area (Å²) in [5.41, 5.74) is 0.687. The van der Waals surface area contributed by atoms with Crippen molar-refractivity contribution in [1.82, 2.24) is 4.98 Å². The number of nitrogens with one attached hydrogen (secondary N) is 1. The van der Waals surface area contributed by atoms with Crippen LogP contribution in [0.3, 0.4) is 0 Å². The van der Waals surface area contributed by atoms with E-state index < -0.39 is 6.04 Å². The molecule has 0 aromatic carbocycles. The maximum Gasteiger partial charge on any atom is 0.328 e. The minimum absolute atomic E-state index is 0.0262. The van der Waals surface area contributed by atoms with E-state index in [0.29, 0.717) is 18.2 Å². The van der Waals surface area contributed by atoms with Gasteiger partial charge >= 0.3 is 5.97 Å². The summed E-state index contributed by atoms with van der Waals surface area (Å²) in [7, 11) is 0. The van der Waals surface area contributed by atoms with Gasteiger partial charge in [0.05, 0.1) is 18.4 Å². The van der Waals surface area contributed by atoms with Crippen LogP contribution in [0.5, 0.6) is 5.88 Å². The first-order valence-electron chi connectivity index (χ1n) is 6.09. The molecule has 18 heavy (non-hydrogen) atoms. The number of esters is 1. The van der Waals surface area contributed by atoms with Gasteiger partial charge in [-0.3, -0.25) is 0 Å². The summed E-state index contributed by atoms with van der Waals surface area (Å²) in [4.78, 5) is 15.7. The number of carbonyl (C=O) groups excluding carboxylic acids is 1. The number of ether oxygens (including phenoxy) is 2. The summed E-state index contributed by atoms with van der Waals surface area (Å²) in [6.07, 6.45) is 1.68. The highest BCUT2D eigenvalue weighted by Gasteiger charge is 2.16. The van der Waals surface area contributed by atoms with Crippen LogP contribution in [0.4, 0.5) is 5.69 Å². The Morgan fingerprint density at radius 2 is 2.17 bits per heavy atom. The Kier molecular flexibility index (Phi) is 5.42. The van der Waals surface area contributed by atoms with E-state index in [1.54, 1.807) is 26.1 Å². The maximum absolute atomic E-state index is 11.5. The fourth-order valence-electron chi connectivity index (χ4n) is 1.38. The Balaban J connectivity index is 2.74. The molecular weight excluding hydrogens is 232 g/mol. The molecule has 0 amide bonds. The molecule has 1 N–H and O–H groups in total. The van der Waals surface area contributed by atoms with Gasteiger partial charge in [-0.25, -0.2) is 9.78 Å². The highest BCUT2D eigenvalue weighted by Crippen LogP contribution is 2.22. The molecule has 1 unspecified atom stereocenters. The van der Waals surface area contributed by atoms with E-state index in [4.69, 9.17) is 9.47 Å². The van der Waals surface area contributed by atoms with Gasteiger partial charge in [-0.15, -0.1) is 0 Å². The normalized spacial score (nSPS) is 12.1. The molecule has 1 atom stereocenters. The summed E-state index contributed by atoms with van der Waals surface area (Å²) in [5, 5.41) is 3.04. The zero-order valence-corrected chi connectivity index (χ0v) is 11.3. The fraction of sp³-hybridized carbons (Fsp3) is 0.538. The van der Waals surface area contributed by atoms with Gasteiger partial charge in [0.25, 0.3) is 0 Å². The lowest BCUT2D eigenvalue weighted by atomic mass is 10.3. The third kappa shape index (κ3) is 4.24. The highest BCUT2D eigenvalue weighted by molar-refractivity contribution is 5.79. The molecule has 0 saturated heterocycles. The molecule has 1 heterocycles. The first-order valence-corrected chi connectivity index (χ1v) is 6.09. The van der Waals surface area contributed by atoms with Gasteiger partial charge < -0.3 is 14.8 Å². The molecule has 0 bridgehead atoms. The summed E-state index contributed by atoms with van der Waals surface area (Å²) < 4.78 is 10.5. The number of aromatic nitrogens is 1. The minimum atomic E-state index is -0.441. The van der Waals surface area contributed by atoms with Crippen LogP contribution < -0.4 is 10.1 Å². The monoisotopic (exact) mass is 252 g/mol. The van der Waals surface area contributed by atoms with Crippen LogP contribution in [0.15, 0.2) is 18.3 Å². The Morgan fingerprint density at radius 1 is 1.44 bits per heavy atom. The fourth-order valence-corrected chi connectivity index (χ4v) is 1.38. The Morgan fingerprint density at radius 3 is 2.78 bits per heavy atom. The van der Waals surface area contributed by atoms with Gasteiger partial charge in [0.2, 0.25) is 5.88 Å². The summed E-state index contributed by atoms with van der Waals surface area (Å²) in [6, 6.07) is 3.16. The minimum Gasteiger partial charge on any atom is -0.473 e. The second-order valence-corrected chi connectivity index (χ2v) is 4.14. The van der Waals surface area contributed by atoms with Crippen molar-refractivity contribution in [2.45, 2.75) is 39.8 Å². The van der Waals surface area contributed by atoms with Crippen molar-refractivity contribution >= 4 is 11.7 Å². The number of pyridine rings is 1. The molecule has 5 nitrogen and oxygen atoms in total. The van der Waals surface area contributed by atoms with Gasteiger partial charge in [0.15, 0.2) is 0 Å². The third-order valence-electron chi connectivity index (χ3n) is 2.13. The molecular formula is C13H20N2O3. The molecule has 1 aromatic rings. The van der Waals surface area contributed by atoms with Gasteiger partial charge in [-0.2, -0.15) is 0 Å². The van der Waals surface area contributed by atoms with Crippen LogP contribution in [0.1, 0.15) is 27.7 Å². The second kappa shape index (κ2) is 6.83. The average Bonchev–Trinajstić information content (AvgIpc) is 2.31. The lowest BCUT2D eigenvalue weighted by Crippen LogP contribution is -2.28. The van der Waals surface area contributed by atoms with Crippen molar-refractivity contribution in [3.05, 3.63) is 18.3 Å². The largest absolute Gasteiger partial charge is 0.473 e. The van der Waals surface area contributed by atoms with Crippen LogP contribution in [0.25, 0.3) is 0 Å². The van der Waals surface area contributed by atoms with Gasteiger partial charge in [0.1, 0.15) is 6.04 Å². The smallest absolute Gasteiger partial charge is 0.328 e. The molecule has 0 radical (unpaired) electrons. The van der Waals surface area contributed by atoms with Crippen molar-refractivity contribution in [2.24, 2.45) is 0 Å². The molecule has 0 saturated carbocycles. The maximum atomic E-state index is 11.5. The molecule has 0 spiro atoms. The lowest BCUT2D eigenvalue weighted by molar-refractivity contribution is -0.143. The van der Waals surface area contributed by atoms with Crippen LogP contribution in [-0.4, -0.2) is 29.7 Å². The second-order valence-electron chi connectivity index (χ2n) is 4.14. The standard InChI is InChI=1S/C13H20N2O3/c1-5-17-13(16)10(4)15-11-7-6-8-14-12(11)18-9(2)3/h6-10,15H,5H2,1-4H3. The number of anilines is 1. The van der Waals surface area contributed by atoms with Gasteiger partial charge in [-0.05, 0) is 39.8 Å². The molecule has 100 valence electrons. The molecule has 0 aliphatic rings. The SMILES string of the molecule is CCOC(=O)C(C)Nc1cccnc1OC(C)C. The van der Waals surface area contributed by atoms with E-state index in [0.717, 1.165) is 0 Å². The van der Waals surface area contributed by atoms with Crippen molar-refractivity contribution < 1.29 is 14.3 Å². The summed E-state index contributed by atoms with van der Waals surface area (Å²) in [5.74, 6) is 0.195. The van der Waals surface area contributed by atoms with E-state index >= 15 is 0 Å². The zero-order valence-electron chi connectivity index (χ0n) is 11.3. The van der Waals surface area contributed by atoms with Crippen molar-refractivity contribution in [2.75, 3.05) is 11.9 Å². The summed E-state index contributed by atoms with van der Waals surface area (Å²) in [6.45, 7) is 7.74. The number of carbonyl (C=O) groups is 1. The molecule has 1 rings (SSSR count). The van der Waals surface area contributed by atoms with Gasteiger partial charge in [-0.1, -0.05) is 0 Å². The molecule has 1 aromatic heterocycles. The zero-order chi connectivity index (χ0) is 13.5. The number of nitrogens with zero attached hydrogens (tertiary/aromatic N) is 1. The first-order chi connectivity index (χ1) is 8.54. The number of hydrogen-bond donors (Lipinski definition) is 1. The van der Waals surface area contributed by atoms with Crippen LogP contribution in [0.2, 0.25) is 0 Å². The van der Waals surface area contributed by atoms with Crippen molar-refractivity contribution in [3.8, 4) is 5.88 Å². The predicted molar refractivity (Wildman–Crippen MR) is 69.7 cm³/mol. The quantitative estimate of drug-likeness (QED) is 0.787. The lowest BCUT2D eigenvalue weighted by Gasteiger charge is -2.17. The summed E-state index contributed by atoms with van der Waals surface area (Å²) >= 11 is 0. The average molecular weight is 252 g/mol. The molecule has 0 aliphatic heterocycles. The Hall–Kier alpha value is -1.78. The van der Waals surface area contributed by atoms with E-state index in [1.807, 2.05) is 19.9 Å². The van der Waals surface area contributed by atoms with Crippen molar-refractivity contribution in [1.29, 1.82) is 0 Å². The number of hydrogen-bond acceptors (Lipinski definition) is 5. The Bertz CT molecular complexity index is 394.